The van der Waals surface area contributed by atoms with Gasteiger partial charge in [0, 0.05) is 22.2 Å². The van der Waals surface area contributed by atoms with Crippen LogP contribution < -0.4 is 5.32 Å². The molecule has 1 unspecified atom stereocenters. The molecule has 1 amide bonds. The van der Waals surface area contributed by atoms with E-state index in [1.807, 2.05) is 25.1 Å². The number of aromatic carboxylic acids is 1. The summed E-state index contributed by atoms with van der Waals surface area (Å²) in [5.41, 5.74) is 2.46. The Balaban J connectivity index is 1.93. The molecule has 0 radical (unpaired) electrons. The Morgan fingerprint density at radius 2 is 1.87 bits per heavy atom. The minimum atomic E-state index is -1.41. The van der Waals surface area contributed by atoms with Gasteiger partial charge in [0.1, 0.15) is 5.75 Å². The first-order chi connectivity index (χ1) is 10.9. The Labute approximate surface area is 136 Å². The van der Waals surface area contributed by atoms with Crippen molar-refractivity contribution in [2.24, 2.45) is 0 Å². The maximum Gasteiger partial charge on any atom is 0.335 e. The summed E-state index contributed by atoms with van der Waals surface area (Å²) >= 11 is 0. The summed E-state index contributed by atoms with van der Waals surface area (Å²) in [6, 6.07) is 13.6. The van der Waals surface area contributed by atoms with E-state index in [2.05, 4.69) is 5.32 Å². The largest absolute Gasteiger partial charge is 0.478 e. The zero-order valence-electron chi connectivity index (χ0n) is 12.6. The smallest absolute Gasteiger partial charge is 0.335 e. The molecule has 5 nitrogen and oxygen atoms in total. The molecule has 0 aliphatic heterocycles. The zero-order chi connectivity index (χ0) is 16.8. The zero-order valence-corrected chi connectivity index (χ0v) is 13.4. The van der Waals surface area contributed by atoms with E-state index in [1.54, 1.807) is 18.2 Å². The third kappa shape index (κ3) is 5.34. The van der Waals surface area contributed by atoms with Crippen molar-refractivity contribution in [3.05, 3.63) is 65.2 Å². The van der Waals surface area contributed by atoms with E-state index < -0.39 is 16.8 Å². The predicted molar refractivity (Wildman–Crippen MR) is 89.9 cm³/mol. The fraction of sp³-hybridized carbons (Fsp3) is 0.176. The molecule has 2 aromatic rings. The lowest BCUT2D eigenvalue weighted by Gasteiger charge is -2.06. The number of hydrogen-bond donors (Lipinski definition) is 2. The predicted octanol–water partition coefficient (Wildman–Crippen LogP) is 2.58. The van der Waals surface area contributed by atoms with Crippen LogP contribution in [0.15, 0.2) is 48.5 Å². The second-order valence-electron chi connectivity index (χ2n) is 5.15. The average molecular weight is 331 g/mol. The van der Waals surface area contributed by atoms with Crippen LogP contribution in [0.5, 0.6) is 0 Å². The van der Waals surface area contributed by atoms with Crippen molar-refractivity contribution in [3.8, 4) is 0 Å². The van der Waals surface area contributed by atoms with Gasteiger partial charge >= 0.3 is 5.97 Å². The number of hydrogen-bond acceptors (Lipinski definition) is 3. The summed E-state index contributed by atoms with van der Waals surface area (Å²) in [7, 11) is -1.41. The monoisotopic (exact) mass is 331 g/mol. The van der Waals surface area contributed by atoms with Gasteiger partial charge in [0.05, 0.1) is 5.56 Å². The number of nitrogens with one attached hydrogen (secondary N) is 1. The molecule has 0 aliphatic carbocycles. The molecule has 0 aliphatic rings. The highest BCUT2D eigenvalue weighted by molar-refractivity contribution is 7.84. The Morgan fingerprint density at radius 1 is 1.13 bits per heavy atom. The van der Waals surface area contributed by atoms with Crippen LogP contribution >= 0.6 is 0 Å². The molecule has 0 bridgehead atoms. The number of carbonyl (C=O) groups excluding carboxylic acids is 1. The molecule has 1 atom stereocenters. The summed E-state index contributed by atoms with van der Waals surface area (Å²) < 4.78 is 12.1. The van der Waals surface area contributed by atoms with E-state index in [-0.39, 0.29) is 23.0 Å². The standard InChI is InChI=1S/C17H17NO4S/c1-12-4-2-7-15(8-12)18-16(19)11-23(22)10-13-5-3-6-14(9-13)17(20)21/h2-9H,10-11H2,1H3,(H,18,19)(H,20,21). The Bertz CT molecular complexity index is 758. The van der Waals surface area contributed by atoms with Crippen LogP contribution in [0, 0.1) is 6.92 Å². The van der Waals surface area contributed by atoms with Crippen LogP contribution in [0.1, 0.15) is 21.5 Å². The Morgan fingerprint density at radius 3 is 2.57 bits per heavy atom. The van der Waals surface area contributed by atoms with Crippen molar-refractivity contribution in [3.63, 3.8) is 0 Å². The fourth-order valence-corrected chi connectivity index (χ4v) is 3.12. The van der Waals surface area contributed by atoms with Crippen molar-refractivity contribution in [1.82, 2.24) is 0 Å². The number of anilines is 1. The lowest BCUT2D eigenvalue weighted by molar-refractivity contribution is -0.113. The van der Waals surface area contributed by atoms with Gasteiger partial charge in [-0.3, -0.25) is 9.00 Å². The summed E-state index contributed by atoms with van der Waals surface area (Å²) in [4.78, 5) is 22.8. The van der Waals surface area contributed by atoms with Gasteiger partial charge in [-0.25, -0.2) is 4.79 Å². The first kappa shape index (κ1) is 16.9. The van der Waals surface area contributed by atoms with Crippen LogP contribution in [-0.4, -0.2) is 26.9 Å². The van der Waals surface area contributed by atoms with Crippen molar-refractivity contribution in [2.75, 3.05) is 11.1 Å². The first-order valence-corrected chi connectivity index (χ1v) is 8.46. The highest BCUT2D eigenvalue weighted by atomic mass is 32.2. The van der Waals surface area contributed by atoms with Crippen LogP contribution in [-0.2, 0) is 21.3 Å². The van der Waals surface area contributed by atoms with Crippen LogP contribution in [0.4, 0.5) is 5.69 Å². The molecule has 120 valence electrons. The molecular formula is C17H17NO4S. The molecule has 0 aromatic heterocycles. The lowest BCUT2D eigenvalue weighted by Crippen LogP contribution is -2.20. The number of aryl methyl sites for hydroxylation is 1. The Kier molecular flexibility index (Phi) is 5.65. The van der Waals surface area contributed by atoms with Crippen molar-refractivity contribution in [2.45, 2.75) is 12.7 Å². The lowest BCUT2D eigenvalue weighted by atomic mass is 10.1. The molecule has 2 N–H and O–H groups in total. The van der Waals surface area contributed by atoms with Crippen LogP contribution in [0.25, 0.3) is 0 Å². The highest BCUT2D eigenvalue weighted by Crippen LogP contribution is 2.11. The molecule has 2 rings (SSSR count). The van der Waals surface area contributed by atoms with Gasteiger partial charge in [-0.05, 0) is 42.3 Å². The van der Waals surface area contributed by atoms with Crippen molar-refractivity contribution < 1.29 is 18.9 Å². The number of carboxylic acid groups (broad SMARTS) is 1. The van der Waals surface area contributed by atoms with Gasteiger partial charge in [-0.1, -0.05) is 24.3 Å². The highest BCUT2D eigenvalue weighted by Gasteiger charge is 2.11. The SMILES string of the molecule is Cc1cccc(NC(=O)CS(=O)Cc2cccc(C(=O)O)c2)c1. The number of rotatable bonds is 6. The van der Waals surface area contributed by atoms with E-state index >= 15 is 0 Å². The van der Waals surface area contributed by atoms with Gasteiger partial charge in [-0.2, -0.15) is 0 Å². The number of carbonyl (C=O) groups is 2. The molecule has 2 aromatic carbocycles. The molecule has 6 heteroatoms. The topological polar surface area (TPSA) is 83.5 Å². The van der Waals surface area contributed by atoms with E-state index in [1.165, 1.54) is 12.1 Å². The minimum Gasteiger partial charge on any atom is -0.478 e. The van der Waals surface area contributed by atoms with Crippen LogP contribution in [0.2, 0.25) is 0 Å². The van der Waals surface area contributed by atoms with Crippen molar-refractivity contribution in [1.29, 1.82) is 0 Å². The maximum atomic E-state index is 12.1. The molecule has 23 heavy (non-hydrogen) atoms. The average Bonchev–Trinajstić information content (AvgIpc) is 2.47. The molecule has 0 fully saturated rings. The van der Waals surface area contributed by atoms with Crippen LogP contribution in [0.3, 0.4) is 0 Å². The number of amides is 1. The summed E-state index contributed by atoms with van der Waals surface area (Å²) in [6.45, 7) is 1.92. The van der Waals surface area contributed by atoms with Crippen molar-refractivity contribution >= 4 is 28.4 Å². The molecular weight excluding hydrogens is 314 g/mol. The normalized spacial score (nSPS) is 11.7. The quantitative estimate of drug-likeness (QED) is 0.852. The van der Waals surface area contributed by atoms with Gasteiger partial charge in [-0.15, -0.1) is 0 Å². The van der Waals surface area contributed by atoms with E-state index in [9.17, 15) is 13.8 Å². The van der Waals surface area contributed by atoms with E-state index in [0.717, 1.165) is 5.56 Å². The second-order valence-corrected chi connectivity index (χ2v) is 6.61. The summed E-state index contributed by atoms with van der Waals surface area (Å²) in [6.07, 6.45) is 0. The molecule has 0 saturated heterocycles. The van der Waals surface area contributed by atoms with Gasteiger partial charge in [0.2, 0.25) is 5.91 Å². The number of benzene rings is 2. The maximum absolute atomic E-state index is 12.1. The first-order valence-electron chi connectivity index (χ1n) is 6.98. The molecule has 0 spiro atoms. The number of carboxylic acids is 1. The van der Waals surface area contributed by atoms with E-state index in [0.29, 0.717) is 11.3 Å². The Hall–Kier alpha value is -2.47. The fourth-order valence-electron chi connectivity index (χ4n) is 2.10. The third-order valence-corrected chi connectivity index (χ3v) is 4.33. The molecule has 0 saturated carbocycles. The summed E-state index contributed by atoms with van der Waals surface area (Å²) in [5.74, 6) is -1.36. The van der Waals surface area contributed by atoms with Gasteiger partial charge in [0.15, 0.2) is 0 Å². The second kappa shape index (κ2) is 7.69. The summed E-state index contributed by atoms with van der Waals surface area (Å²) in [5, 5.41) is 11.6. The van der Waals surface area contributed by atoms with E-state index in [4.69, 9.17) is 5.11 Å². The van der Waals surface area contributed by atoms with Gasteiger partial charge < -0.3 is 10.4 Å². The molecule has 0 heterocycles. The van der Waals surface area contributed by atoms with Gasteiger partial charge in [0.25, 0.3) is 0 Å². The minimum absolute atomic E-state index is 0.134. The third-order valence-electron chi connectivity index (χ3n) is 3.10.